The predicted molar refractivity (Wildman–Crippen MR) is 105 cm³/mol. The van der Waals surface area contributed by atoms with Crippen LogP contribution in [0.5, 0.6) is 0 Å². The van der Waals surface area contributed by atoms with E-state index < -0.39 is 24.0 Å². The van der Waals surface area contributed by atoms with Gasteiger partial charge in [0.2, 0.25) is 0 Å². The molecule has 0 bridgehead atoms. The summed E-state index contributed by atoms with van der Waals surface area (Å²) < 4.78 is 5.57. The van der Waals surface area contributed by atoms with Crippen molar-refractivity contribution in [2.45, 2.75) is 24.0 Å². The average molecular weight is 387 g/mol. The van der Waals surface area contributed by atoms with Gasteiger partial charge in [0.25, 0.3) is 6.04 Å². The van der Waals surface area contributed by atoms with Gasteiger partial charge in [0, 0.05) is 16.1 Å². The van der Waals surface area contributed by atoms with Crippen LogP contribution in [0.2, 0.25) is 0 Å². The van der Waals surface area contributed by atoms with Gasteiger partial charge in [0.05, 0.1) is 12.5 Å². The molecule has 0 spiro atoms. The second-order valence-corrected chi connectivity index (χ2v) is 7.19. The number of rotatable bonds is 4. The summed E-state index contributed by atoms with van der Waals surface area (Å²) in [4.78, 5) is 25.5. The second-order valence-electron chi connectivity index (χ2n) is 7.19. The molecular formula is C22H17N3O4. The minimum Gasteiger partial charge on any atom is -0.469 e. The first-order valence-corrected chi connectivity index (χ1v) is 9.34. The predicted octanol–water partition coefficient (Wildman–Crippen LogP) is 3.66. The Morgan fingerprint density at radius 2 is 1.79 bits per heavy atom. The highest BCUT2D eigenvalue weighted by atomic mass is 16.6. The van der Waals surface area contributed by atoms with E-state index in [1.165, 1.54) is 6.26 Å². The number of nitrogens with zero attached hydrogens (tertiary/aromatic N) is 3. The molecule has 1 fully saturated rings. The number of fused-ring (bicyclic) bond motifs is 3. The molecule has 3 aromatic rings. The number of carbonyl (C=O) groups excluding carboxylic acids is 1. The van der Waals surface area contributed by atoms with Crippen LogP contribution in [-0.2, 0) is 0 Å². The number of Topliss-reactive ketones (excluding diaryl/α,β-unsaturated/α-hetero) is 1. The molecule has 1 saturated heterocycles. The summed E-state index contributed by atoms with van der Waals surface area (Å²) in [5.41, 5.74) is 2.11. The van der Waals surface area contributed by atoms with Gasteiger partial charge in [-0.05, 0) is 17.7 Å². The van der Waals surface area contributed by atoms with Crippen molar-refractivity contribution in [3.8, 4) is 0 Å². The minimum absolute atomic E-state index is 0.210. The molecule has 7 heteroatoms. The SMILES string of the molecule is O=C(c1ccccc1)[C@@H]1[C@H](c2ccco2)[C@H]([N+](=O)[O-])[C@@H]2c3ccccc3C=NN12. The van der Waals surface area contributed by atoms with E-state index in [-0.39, 0.29) is 10.7 Å². The molecule has 2 aliphatic heterocycles. The Morgan fingerprint density at radius 1 is 1.03 bits per heavy atom. The standard InChI is InChI=1S/C22H17N3O4/c26-22(14-7-2-1-3-8-14)21-18(17-11-6-12-29-17)20(25(27)28)19-16-10-5-4-9-15(16)13-23-24(19)21/h1-13,18-21H/t18-,19+,20+,21+/m1/s1. The van der Waals surface area contributed by atoms with Gasteiger partial charge in [-0.1, -0.05) is 54.6 Å². The fourth-order valence-electron chi connectivity index (χ4n) is 4.48. The molecule has 2 aliphatic rings. The van der Waals surface area contributed by atoms with Crippen LogP contribution < -0.4 is 0 Å². The fraction of sp³-hybridized carbons (Fsp3) is 0.182. The van der Waals surface area contributed by atoms with Crippen LogP contribution in [0.4, 0.5) is 0 Å². The number of hydrogen-bond donors (Lipinski definition) is 0. The van der Waals surface area contributed by atoms with Crippen LogP contribution in [0.1, 0.15) is 39.2 Å². The number of benzene rings is 2. The molecule has 0 N–H and O–H groups in total. The van der Waals surface area contributed by atoms with Gasteiger partial charge < -0.3 is 4.42 Å². The van der Waals surface area contributed by atoms with E-state index in [9.17, 15) is 14.9 Å². The van der Waals surface area contributed by atoms with Gasteiger partial charge in [0.1, 0.15) is 23.8 Å². The van der Waals surface area contributed by atoms with Crippen LogP contribution >= 0.6 is 0 Å². The van der Waals surface area contributed by atoms with Crippen molar-refractivity contribution in [3.05, 3.63) is 106 Å². The van der Waals surface area contributed by atoms with Crippen molar-refractivity contribution < 1.29 is 14.1 Å². The third-order valence-electron chi connectivity index (χ3n) is 5.69. The van der Waals surface area contributed by atoms with Crippen LogP contribution in [0, 0.1) is 10.1 Å². The normalized spacial score (nSPS) is 24.8. The monoisotopic (exact) mass is 387 g/mol. The smallest absolute Gasteiger partial charge is 0.251 e. The molecule has 0 aliphatic carbocycles. The van der Waals surface area contributed by atoms with Crippen molar-refractivity contribution in [1.82, 2.24) is 5.01 Å². The van der Waals surface area contributed by atoms with Gasteiger partial charge in [-0.3, -0.25) is 19.9 Å². The van der Waals surface area contributed by atoms with Crippen molar-refractivity contribution in [2.24, 2.45) is 5.10 Å². The highest BCUT2D eigenvalue weighted by molar-refractivity contribution is 6.01. The van der Waals surface area contributed by atoms with Gasteiger partial charge in [-0.2, -0.15) is 5.10 Å². The largest absolute Gasteiger partial charge is 0.469 e. The summed E-state index contributed by atoms with van der Waals surface area (Å²) in [6.07, 6.45) is 3.14. The number of nitro groups is 1. The van der Waals surface area contributed by atoms with Crippen molar-refractivity contribution in [2.75, 3.05) is 0 Å². The maximum absolute atomic E-state index is 13.5. The fourth-order valence-corrected chi connectivity index (χ4v) is 4.48. The first-order valence-electron chi connectivity index (χ1n) is 9.34. The highest BCUT2D eigenvalue weighted by Crippen LogP contribution is 2.49. The molecule has 0 unspecified atom stereocenters. The van der Waals surface area contributed by atoms with Crippen molar-refractivity contribution in [3.63, 3.8) is 0 Å². The van der Waals surface area contributed by atoms with Gasteiger partial charge in [0.15, 0.2) is 5.78 Å². The van der Waals surface area contributed by atoms with Crippen molar-refractivity contribution in [1.29, 1.82) is 0 Å². The van der Waals surface area contributed by atoms with Crippen LogP contribution in [0.25, 0.3) is 0 Å². The maximum atomic E-state index is 13.5. The van der Waals surface area contributed by atoms with Crippen LogP contribution in [-0.4, -0.2) is 34.0 Å². The molecule has 0 radical (unpaired) electrons. The molecule has 3 heterocycles. The third kappa shape index (κ3) is 2.66. The first kappa shape index (κ1) is 17.4. The maximum Gasteiger partial charge on any atom is 0.251 e. The summed E-state index contributed by atoms with van der Waals surface area (Å²) in [6.45, 7) is 0. The van der Waals surface area contributed by atoms with E-state index in [2.05, 4.69) is 5.10 Å². The van der Waals surface area contributed by atoms with E-state index in [1.54, 1.807) is 47.6 Å². The zero-order chi connectivity index (χ0) is 20.0. The summed E-state index contributed by atoms with van der Waals surface area (Å²) in [5, 5.41) is 18.3. The van der Waals surface area contributed by atoms with E-state index in [0.717, 1.165) is 11.1 Å². The quantitative estimate of drug-likeness (QED) is 0.387. The van der Waals surface area contributed by atoms with Crippen molar-refractivity contribution >= 4 is 12.0 Å². The molecule has 0 saturated carbocycles. The molecule has 7 nitrogen and oxygen atoms in total. The topological polar surface area (TPSA) is 88.9 Å². The molecule has 144 valence electrons. The Morgan fingerprint density at radius 3 is 2.52 bits per heavy atom. The number of hydrazone groups is 1. The lowest BCUT2D eigenvalue weighted by Gasteiger charge is -2.30. The van der Waals surface area contributed by atoms with E-state index in [0.29, 0.717) is 11.3 Å². The Hall–Kier alpha value is -3.74. The molecule has 2 aromatic carbocycles. The second kappa shape index (κ2) is 6.70. The third-order valence-corrected chi connectivity index (χ3v) is 5.69. The van der Waals surface area contributed by atoms with E-state index in [4.69, 9.17) is 4.42 Å². The summed E-state index contributed by atoms with van der Waals surface area (Å²) in [5.74, 6) is -0.554. The highest BCUT2D eigenvalue weighted by Gasteiger charge is 2.61. The number of hydrogen-bond acceptors (Lipinski definition) is 6. The molecule has 0 amide bonds. The summed E-state index contributed by atoms with van der Waals surface area (Å²) in [7, 11) is 0. The molecule has 1 aromatic heterocycles. The molecular weight excluding hydrogens is 370 g/mol. The van der Waals surface area contributed by atoms with E-state index >= 15 is 0 Å². The average Bonchev–Trinajstić information content (AvgIpc) is 3.39. The molecule has 4 atom stereocenters. The van der Waals surface area contributed by atoms with Crippen LogP contribution in [0.3, 0.4) is 0 Å². The van der Waals surface area contributed by atoms with Gasteiger partial charge in [-0.15, -0.1) is 0 Å². The minimum atomic E-state index is -1.07. The number of ketones is 1. The zero-order valence-corrected chi connectivity index (χ0v) is 15.3. The number of furan rings is 1. The Balaban J connectivity index is 1.70. The van der Waals surface area contributed by atoms with E-state index in [1.807, 2.05) is 30.3 Å². The lowest BCUT2D eigenvalue weighted by atomic mass is 9.85. The van der Waals surface area contributed by atoms with Crippen LogP contribution in [0.15, 0.2) is 82.5 Å². The Bertz CT molecular complexity index is 1090. The number of carbonyl (C=O) groups is 1. The Kier molecular flexibility index (Phi) is 4.01. The lowest BCUT2D eigenvalue weighted by molar-refractivity contribution is -0.529. The Labute approximate surface area is 166 Å². The zero-order valence-electron chi connectivity index (χ0n) is 15.3. The summed E-state index contributed by atoms with van der Waals surface area (Å²) in [6, 6.07) is 17.1. The molecule has 29 heavy (non-hydrogen) atoms. The van der Waals surface area contributed by atoms with Gasteiger partial charge >= 0.3 is 0 Å². The summed E-state index contributed by atoms with van der Waals surface area (Å²) >= 11 is 0. The van der Waals surface area contributed by atoms with Gasteiger partial charge in [-0.25, -0.2) is 0 Å². The first-order chi connectivity index (χ1) is 14.2. The molecule has 5 rings (SSSR count). The lowest BCUT2D eigenvalue weighted by Crippen LogP contribution is -2.38.